The first-order valence-corrected chi connectivity index (χ1v) is 6.57. The van der Waals surface area contributed by atoms with E-state index in [4.69, 9.17) is 0 Å². The number of para-hydroxylation sites is 1. The number of carbonyl (C=O) groups is 2. The number of carbonyl (C=O) groups excluding carboxylic acids is 2. The van der Waals surface area contributed by atoms with Gasteiger partial charge < -0.3 is 10.2 Å². The van der Waals surface area contributed by atoms with Crippen LogP contribution in [0.25, 0.3) is 0 Å². The van der Waals surface area contributed by atoms with Crippen molar-refractivity contribution in [1.82, 2.24) is 10.6 Å². The van der Waals surface area contributed by atoms with E-state index in [-0.39, 0.29) is 30.3 Å². The molecule has 0 radical (unpaired) electrons. The second-order valence-corrected chi connectivity index (χ2v) is 5.20. The highest BCUT2D eigenvalue weighted by Gasteiger charge is 2.37. The number of hydrogen-bond donors (Lipinski definition) is 2. The van der Waals surface area contributed by atoms with Crippen molar-refractivity contribution in [3.63, 3.8) is 0 Å². The summed E-state index contributed by atoms with van der Waals surface area (Å²) >= 11 is 0. The van der Waals surface area contributed by atoms with Crippen LogP contribution in [0.15, 0.2) is 24.3 Å². The molecule has 19 heavy (non-hydrogen) atoms. The van der Waals surface area contributed by atoms with Crippen LogP contribution in [0, 0.1) is 0 Å². The number of nitrogens with one attached hydrogen (secondary N) is 2. The van der Waals surface area contributed by atoms with Crippen LogP contribution >= 0.6 is 0 Å². The summed E-state index contributed by atoms with van der Waals surface area (Å²) in [7, 11) is 0. The van der Waals surface area contributed by atoms with E-state index >= 15 is 0 Å². The molecule has 1 aromatic rings. The summed E-state index contributed by atoms with van der Waals surface area (Å²) in [5, 5.41) is 5.81. The number of anilines is 1. The van der Waals surface area contributed by atoms with E-state index in [9.17, 15) is 9.59 Å². The summed E-state index contributed by atoms with van der Waals surface area (Å²) in [5.74, 6) is -0.369. The minimum absolute atomic E-state index is 0.183. The van der Waals surface area contributed by atoms with Crippen molar-refractivity contribution in [3.8, 4) is 0 Å². The summed E-state index contributed by atoms with van der Waals surface area (Å²) in [5.41, 5.74) is 2.22. The molecule has 1 saturated heterocycles. The van der Waals surface area contributed by atoms with Crippen LogP contribution in [-0.2, 0) is 16.1 Å². The minimum atomic E-state index is -0.379. The maximum Gasteiger partial charge on any atom is 0.249 e. The predicted molar refractivity (Wildman–Crippen MR) is 71.6 cm³/mol. The third kappa shape index (κ3) is 2.21. The van der Waals surface area contributed by atoms with Crippen LogP contribution in [0.3, 0.4) is 0 Å². The molecule has 5 nitrogen and oxygen atoms in total. The van der Waals surface area contributed by atoms with E-state index in [1.165, 1.54) is 5.56 Å². The standard InChI is InChI=1S/C14H17N3O2/c1-9-8-17(12-6-13(18)16-14(12)19)11-5-3-2-4-10(11)7-15-9/h2-5,9,12,15H,6-8H2,1H3,(H,16,18,19). The van der Waals surface area contributed by atoms with Gasteiger partial charge in [-0.1, -0.05) is 18.2 Å². The number of hydrogen-bond acceptors (Lipinski definition) is 4. The Balaban J connectivity index is 1.99. The number of amides is 2. The molecule has 5 heteroatoms. The number of rotatable bonds is 1. The van der Waals surface area contributed by atoms with E-state index in [0.717, 1.165) is 18.8 Å². The van der Waals surface area contributed by atoms with Gasteiger partial charge in [0.05, 0.1) is 6.42 Å². The lowest BCUT2D eigenvalue weighted by atomic mass is 10.1. The quantitative estimate of drug-likeness (QED) is 0.717. The smallest absolute Gasteiger partial charge is 0.249 e. The molecule has 3 rings (SSSR count). The highest BCUT2D eigenvalue weighted by atomic mass is 16.2. The Labute approximate surface area is 112 Å². The molecule has 2 atom stereocenters. The van der Waals surface area contributed by atoms with Crippen molar-refractivity contribution in [3.05, 3.63) is 29.8 Å². The fourth-order valence-electron chi connectivity index (χ4n) is 2.77. The van der Waals surface area contributed by atoms with Crippen molar-refractivity contribution >= 4 is 17.5 Å². The summed E-state index contributed by atoms with van der Waals surface area (Å²) in [6.07, 6.45) is 0.250. The fraction of sp³-hybridized carbons (Fsp3) is 0.429. The van der Waals surface area contributed by atoms with Gasteiger partial charge in [0.15, 0.2) is 0 Å². The number of benzene rings is 1. The molecule has 2 N–H and O–H groups in total. The van der Waals surface area contributed by atoms with Crippen LogP contribution < -0.4 is 15.5 Å². The minimum Gasteiger partial charge on any atom is -0.357 e. The average Bonchev–Trinajstić information content (AvgIpc) is 2.63. The molecule has 1 fully saturated rings. The summed E-state index contributed by atoms with van der Waals surface area (Å²) < 4.78 is 0. The lowest BCUT2D eigenvalue weighted by molar-refractivity contribution is -0.125. The van der Waals surface area contributed by atoms with Gasteiger partial charge in [0.2, 0.25) is 11.8 Å². The zero-order chi connectivity index (χ0) is 13.4. The van der Waals surface area contributed by atoms with Crippen molar-refractivity contribution in [1.29, 1.82) is 0 Å². The van der Waals surface area contributed by atoms with E-state index < -0.39 is 0 Å². The van der Waals surface area contributed by atoms with Crippen LogP contribution in [-0.4, -0.2) is 30.4 Å². The topological polar surface area (TPSA) is 61.4 Å². The summed E-state index contributed by atoms with van der Waals surface area (Å²) in [4.78, 5) is 25.4. The van der Waals surface area contributed by atoms with Crippen LogP contribution in [0.5, 0.6) is 0 Å². The lowest BCUT2D eigenvalue weighted by Gasteiger charge is -2.30. The Morgan fingerprint density at radius 2 is 2.05 bits per heavy atom. The van der Waals surface area contributed by atoms with Crippen molar-refractivity contribution in [2.24, 2.45) is 0 Å². The van der Waals surface area contributed by atoms with Crippen LogP contribution in [0.4, 0.5) is 5.69 Å². The Kier molecular flexibility index (Phi) is 2.98. The zero-order valence-corrected chi connectivity index (χ0v) is 10.8. The van der Waals surface area contributed by atoms with Gasteiger partial charge in [0.25, 0.3) is 0 Å². The van der Waals surface area contributed by atoms with Gasteiger partial charge in [-0.2, -0.15) is 0 Å². The molecule has 1 aromatic carbocycles. The van der Waals surface area contributed by atoms with Gasteiger partial charge in [-0.05, 0) is 18.6 Å². The van der Waals surface area contributed by atoms with E-state index in [1.54, 1.807) is 0 Å². The van der Waals surface area contributed by atoms with Gasteiger partial charge in [0, 0.05) is 24.8 Å². The monoisotopic (exact) mass is 259 g/mol. The lowest BCUT2D eigenvalue weighted by Crippen LogP contribution is -2.45. The van der Waals surface area contributed by atoms with Crippen molar-refractivity contribution in [2.45, 2.75) is 32.0 Å². The molecule has 2 aliphatic rings. The van der Waals surface area contributed by atoms with Crippen molar-refractivity contribution < 1.29 is 9.59 Å². The molecule has 2 unspecified atom stereocenters. The normalized spacial score (nSPS) is 26.9. The van der Waals surface area contributed by atoms with Gasteiger partial charge in [-0.15, -0.1) is 0 Å². The van der Waals surface area contributed by atoms with Gasteiger partial charge in [0.1, 0.15) is 6.04 Å². The summed E-state index contributed by atoms with van der Waals surface area (Å²) in [6, 6.07) is 7.94. The first-order valence-electron chi connectivity index (χ1n) is 6.57. The average molecular weight is 259 g/mol. The Hall–Kier alpha value is -1.88. The van der Waals surface area contributed by atoms with Crippen molar-refractivity contribution in [2.75, 3.05) is 11.4 Å². The third-order valence-electron chi connectivity index (χ3n) is 3.73. The number of imide groups is 1. The number of nitrogens with zero attached hydrogens (tertiary/aromatic N) is 1. The molecule has 100 valence electrons. The third-order valence-corrected chi connectivity index (χ3v) is 3.73. The first-order chi connectivity index (χ1) is 9.15. The first kappa shape index (κ1) is 12.2. The Morgan fingerprint density at radius 1 is 1.26 bits per heavy atom. The predicted octanol–water partition coefficient (Wildman–Crippen LogP) is 0.400. The molecule has 0 aliphatic carbocycles. The highest BCUT2D eigenvalue weighted by molar-refractivity contribution is 6.07. The Bertz CT molecular complexity index is 529. The molecule has 0 spiro atoms. The molecular formula is C14H17N3O2. The molecule has 2 heterocycles. The fourth-order valence-corrected chi connectivity index (χ4v) is 2.77. The van der Waals surface area contributed by atoms with E-state index in [1.807, 2.05) is 18.2 Å². The Morgan fingerprint density at radius 3 is 2.79 bits per heavy atom. The maximum atomic E-state index is 11.9. The molecule has 0 bridgehead atoms. The molecule has 0 saturated carbocycles. The van der Waals surface area contributed by atoms with E-state index in [2.05, 4.69) is 28.5 Å². The zero-order valence-electron chi connectivity index (χ0n) is 10.8. The molecule has 0 aromatic heterocycles. The highest BCUT2D eigenvalue weighted by Crippen LogP contribution is 2.27. The van der Waals surface area contributed by atoms with E-state index in [0.29, 0.717) is 0 Å². The van der Waals surface area contributed by atoms with Gasteiger partial charge >= 0.3 is 0 Å². The molecule has 2 amide bonds. The second-order valence-electron chi connectivity index (χ2n) is 5.20. The van der Waals surface area contributed by atoms with Gasteiger partial charge in [-0.25, -0.2) is 0 Å². The molecule has 2 aliphatic heterocycles. The van der Waals surface area contributed by atoms with Crippen LogP contribution in [0.1, 0.15) is 18.9 Å². The van der Waals surface area contributed by atoms with Gasteiger partial charge in [-0.3, -0.25) is 14.9 Å². The summed E-state index contributed by atoms with van der Waals surface area (Å²) in [6.45, 7) is 3.60. The number of fused-ring (bicyclic) bond motifs is 1. The maximum absolute atomic E-state index is 11.9. The van der Waals surface area contributed by atoms with Crippen LogP contribution in [0.2, 0.25) is 0 Å². The second kappa shape index (κ2) is 4.66. The SMILES string of the molecule is CC1CN(C2CC(=O)NC2=O)c2ccccc2CN1. The largest absolute Gasteiger partial charge is 0.357 e. The molecular weight excluding hydrogens is 242 g/mol.